The Labute approximate surface area is 245 Å². The van der Waals surface area contributed by atoms with Crippen LogP contribution in [-0.4, -0.2) is 25.1 Å². The molecule has 12 heteroatoms. The zero-order valence-electron chi connectivity index (χ0n) is 22.1. The lowest BCUT2D eigenvalue weighted by molar-refractivity contribution is -0.605. The standard InChI is InChI=1S/C29H28Cl2F2N2O6/c1-17(36)34-21-8-4-18(5-9-21)6-11-28(37)40-26(13-22-23(30)14-35(38)15-24(22)31)20-7-10-25(41-29(32)33)27(12-20)39-16-19-2-3-19/h4-5,7-10,12,14-15,19,26,29H,2-3,6,11,13,16H2,1H3,(H,34,36)/t26-/m0/s1. The van der Waals surface area contributed by atoms with Crippen molar-refractivity contribution < 1.29 is 37.3 Å². The van der Waals surface area contributed by atoms with E-state index in [1.54, 1.807) is 24.3 Å². The molecule has 0 aliphatic heterocycles. The highest BCUT2D eigenvalue weighted by atomic mass is 35.5. The van der Waals surface area contributed by atoms with Gasteiger partial charge in [0.05, 0.1) is 6.61 Å². The van der Waals surface area contributed by atoms with Crippen LogP contribution in [0.4, 0.5) is 14.5 Å². The van der Waals surface area contributed by atoms with Crippen molar-refractivity contribution in [2.45, 2.75) is 51.7 Å². The number of carbonyl (C=O) groups is 2. The molecule has 1 fully saturated rings. The molecule has 1 atom stereocenters. The minimum Gasteiger partial charge on any atom is -0.619 e. The molecule has 1 aliphatic carbocycles. The highest BCUT2D eigenvalue weighted by molar-refractivity contribution is 6.35. The first-order valence-electron chi connectivity index (χ1n) is 12.9. The summed E-state index contributed by atoms with van der Waals surface area (Å²) in [4.78, 5) is 24.2. The highest BCUT2D eigenvalue weighted by Crippen LogP contribution is 2.38. The second kappa shape index (κ2) is 13.8. The summed E-state index contributed by atoms with van der Waals surface area (Å²) < 4.78 is 42.8. The first-order valence-corrected chi connectivity index (χ1v) is 13.7. The molecule has 1 amide bonds. The molecule has 41 heavy (non-hydrogen) atoms. The van der Waals surface area contributed by atoms with E-state index in [-0.39, 0.29) is 40.3 Å². The molecule has 1 N–H and O–H groups in total. The molecule has 218 valence electrons. The lowest BCUT2D eigenvalue weighted by Gasteiger charge is -2.21. The zero-order chi connectivity index (χ0) is 29.5. The molecular formula is C29H28Cl2F2N2O6. The van der Waals surface area contributed by atoms with Crippen LogP contribution in [0.15, 0.2) is 54.9 Å². The molecule has 1 aromatic heterocycles. The molecule has 1 aliphatic rings. The Bertz CT molecular complexity index is 1360. The van der Waals surface area contributed by atoms with Gasteiger partial charge in [-0.05, 0) is 60.6 Å². The molecule has 4 rings (SSSR count). The third kappa shape index (κ3) is 9.19. The van der Waals surface area contributed by atoms with Crippen molar-refractivity contribution in [3.05, 3.63) is 86.8 Å². The van der Waals surface area contributed by atoms with E-state index in [1.807, 2.05) is 0 Å². The maximum Gasteiger partial charge on any atom is 0.387 e. The summed E-state index contributed by atoms with van der Waals surface area (Å²) in [5.41, 5.74) is 2.31. The van der Waals surface area contributed by atoms with E-state index in [0.717, 1.165) is 30.8 Å². The number of nitrogens with one attached hydrogen (secondary N) is 1. The van der Waals surface area contributed by atoms with Gasteiger partial charge in [0.2, 0.25) is 5.91 Å². The van der Waals surface area contributed by atoms with Crippen LogP contribution in [0.1, 0.15) is 49.0 Å². The van der Waals surface area contributed by atoms with Crippen LogP contribution in [0, 0.1) is 11.1 Å². The normalized spacial score (nSPS) is 13.5. The van der Waals surface area contributed by atoms with Crippen LogP contribution in [-0.2, 0) is 27.2 Å². The fourth-order valence-corrected chi connectivity index (χ4v) is 4.68. The number of esters is 1. The predicted molar refractivity (Wildman–Crippen MR) is 148 cm³/mol. The number of hydrogen-bond donors (Lipinski definition) is 1. The maximum atomic E-state index is 13.0. The summed E-state index contributed by atoms with van der Waals surface area (Å²) in [6.45, 7) is -1.30. The van der Waals surface area contributed by atoms with Gasteiger partial charge in [-0.2, -0.15) is 13.5 Å². The van der Waals surface area contributed by atoms with Crippen LogP contribution < -0.4 is 19.5 Å². The topological polar surface area (TPSA) is 101 Å². The second-order valence-corrected chi connectivity index (χ2v) is 10.5. The Hall–Kier alpha value is -3.63. The second-order valence-electron chi connectivity index (χ2n) is 9.69. The molecule has 2 aromatic carbocycles. The molecule has 1 saturated carbocycles. The van der Waals surface area contributed by atoms with E-state index < -0.39 is 18.7 Å². The monoisotopic (exact) mass is 608 g/mol. The predicted octanol–water partition coefficient (Wildman–Crippen LogP) is 6.44. The molecule has 8 nitrogen and oxygen atoms in total. The lowest BCUT2D eigenvalue weighted by atomic mass is 10.0. The summed E-state index contributed by atoms with van der Waals surface area (Å²) in [6.07, 6.45) is 3.72. The summed E-state index contributed by atoms with van der Waals surface area (Å²) in [7, 11) is 0. The quantitative estimate of drug-likeness (QED) is 0.136. The first-order chi connectivity index (χ1) is 19.6. The van der Waals surface area contributed by atoms with E-state index in [4.69, 9.17) is 32.7 Å². The number of hydrogen-bond acceptors (Lipinski definition) is 6. The number of aryl methyl sites for hydroxylation is 1. The van der Waals surface area contributed by atoms with Crippen molar-refractivity contribution in [1.29, 1.82) is 0 Å². The number of carbonyl (C=O) groups excluding carboxylic acids is 2. The maximum absolute atomic E-state index is 13.0. The van der Waals surface area contributed by atoms with Gasteiger partial charge in [-0.15, -0.1) is 0 Å². The molecule has 0 unspecified atom stereocenters. The lowest BCUT2D eigenvalue weighted by Crippen LogP contribution is -2.25. The van der Waals surface area contributed by atoms with Crippen molar-refractivity contribution in [3.63, 3.8) is 0 Å². The first kappa shape index (κ1) is 30.3. The van der Waals surface area contributed by atoms with Gasteiger partial charge in [0, 0.05) is 31.0 Å². The van der Waals surface area contributed by atoms with Crippen molar-refractivity contribution in [2.24, 2.45) is 5.92 Å². The van der Waals surface area contributed by atoms with Gasteiger partial charge in [0.15, 0.2) is 23.9 Å². The molecule has 3 aromatic rings. The van der Waals surface area contributed by atoms with Crippen molar-refractivity contribution in [1.82, 2.24) is 0 Å². The van der Waals surface area contributed by atoms with Crippen molar-refractivity contribution in [2.75, 3.05) is 11.9 Å². The van der Waals surface area contributed by atoms with E-state index >= 15 is 0 Å². The number of rotatable bonds is 13. The van der Waals surface area contributed by atoms with Gasteiger partial charge in [0.25, 0.3) is 0 Å². The van der Waals surface area contributed by atoms with E-state index in [9.17, 15) is 23.6 Å². The number of alkyl halides is 2. The smallest absolute Gasteiger partial charge is 0.387 e. The van der Waals surface area contributed by atoms with Gasteiger partial charge >= 0.3 is 12.6 Å². The third-order valence-corrected chi connectivity index (χ3v) is 6.99. The molecule has 0 bridgehead atoms. The number of pyridine rings is 1. The molecule has 0 radical (unpaired) electrons. The van der Waals surface area contributed by atoms with Crippen LogP contribution >= 0.6 is 23.2 Å². The van der Waals surface area contributed by atoms with E-state index in [2.05, 4.69) is 10.1 Å². The number of anilines is 1. The number of nitrogens with zero attached hydrogens (tertiary/aromatic N) is 1. The fraction of sp³-hybridized carbons (Fsp3) is 0.345. The Morgan fingerprint density at radius 1 is 1.07 bits per heavy atom. The van der Waals surface area contributed by atoms with Gasteiger partial charge in [0.1, 0.15) is 16.1 Å². The summed E-state index contributed by atoms with van der Waals surface area (Å²) in [5, 5.41) is 14.6. The van der Waals surface area contributed by atoms with E-state index in [0.29, 0.717) is 40.5 Å². The third-order valence-electron chi connectivity index (χ3n) is 6.34. The average Bonchev–Trinajstić information content (AvgIpc) is 3.73. The van der Waals surface area contributed by atoms with Gasteiger partial charge in [-0.1, -0.05) is 41.4 Å². The highest BCUT2D eigenvalue weighted by Gasteiger charge is 2.26. The summed E-state index contributed by atoms with van der Waals surface area (Å²) >= 11 is 12.6. The van der Waals surface area contributed by atoms with Gasteiger partial charge < -0.3 is 24.7 Å². The zero-order valence-corrected chi connectivity index (χ0v) is 23.6. The average molecular weight is 609 g/mol. The molecule has 0 spiro atoms. The van der Waals surface area contributed by atoms with Gasteiger partial charge in [-0.25, -0.2) is 0 Å². The molecule has 1 heterocycles. The Balaban J connectivity index is 1.55. The number of benzene rings is 2. The van der Waals surface area contributed by atoms with Gasteiger partial charge in [-0.3, -0.25) is 9.59 Å². The van der Waals surface area contributed by atoms with Crippen LogP contribution in [0.3, 0.4) is 0 Å². The van der Waals surface area contributed by atoms with Crippen LogP contribution in [0.5, 0.6) is 11.5 Å². The van der Waals surface area contributed by atoms with Crippen LogP contribution in [0.2, 0.25) is 10.0 Å². The SMILES string of the molecule is CC(=O)Nc1ccc(CCC(=O)O[C@@H](Cc2c(Cl)c[n+]([O-])cc2Cl)c2ccc(OC(F)F)c(OCC3CC3)c2)cc1. The fourth-order valence-electron chi connectivity index (χ4n) is 4.08. The molecular weight excluding hydrogens is 581 g/mol. The summed E-state index contributed by atoms with van der Waals surface area (Å²) in [5.74, 6) is -0.417. The number of aromatic nitrogens is 1. The number of amides is 1. The Morgan fingerprint density at radius 2 is 1.76 bits per heavy atom. The Kier molecular flexibility index (Phi) is 10.2. The van der Waals surface area contributed by atoms with Crippen LogP contribution in [0.25, 0.3) is 0 Å². The minimum absolute atomic E-state index is 0.00672. The largest absolute Gasteiger partial charge is 0.619 e. The minimum atomic E-state index is -3.05. The summed E-state index contributed by atoms with van der Waals surface area (Å²) in [6, 6.07) is 11.4. The number of ether oxygens (including phenoxy) is 3. The Morgan fingerprint density at radius 3 is 2.37 bits per heavy atom. The molecule has 0 saturated heterocycles. The van der Waals surface area contributed by atoms with Crippen molar-refractivity contribution >= 4 is 40.8 Å². The van der Waals surface area contributed by atoms with Crippen molar-refractivity contribution in [3.8, 4) is 11.5 Å². The number of halogens is 4. The van der Waals surface area contributed by atoms with E-state index in [1.165, 1.54) is 25.1 Å².